The average Bonchev–Trinajstić information content (AvgIpc) is 2.79. The summed E-state index contributed by atoms with van der Waals surface area (Å²) in [6.45, 7) is -0.626. The van der Waals surface area contributed by atoms with Crippen molar-refractivity contribution in [2.45, 2.75) is 12.7 Å². The number of carbonyl (C=O) groups is 2. The SMILES string of the molecule is O=C1c2cccc([N+](=O)[O-])c2C(=O)N1Cc1ccccc1C(F)(F)F. The lowest BCUT2D eigenvalue weighted by Crippen LogP contribution is -2.30. The first kappa shape index (κ1) is 16.6. The first-order valence-electron chi connectivity index (χ1n) is 7.00. The molecule has 2 aromatic rings. The van der Waals surface area contributed by atoms with Crippen LogP contribution in [0.2, 0.25) is 0 Å². The van der Waals surface area contributed by atoms with Gasteiger partial charge in [-0.25, -0.2) is 0 Å². The van der Waals surface area contributed by atoms with Crippen molar-refractivity contribution in [2.24, 2.45) is 0 Å². The van der Waals surface area contributed by atoms with Crippen LogP contribution in [0, 0.1) is 10.1 Å². The number of nitrogens with zero attached hydrogens (tertiary/aromatic N) is 2. The molecule has 25 heavy (non-hydrogen) atoms. The van der Waals surface area contributed by atoms with E-state index in [4.69, 9.17) is 0 Å². The van der Waals surface area contributed by atoms with Crippen LogP contribution in [0.15, 0.2) is 42.5 Å². The van der Waals surface area contributed by atoms with Gasteiger partial charge in [-0.05, 0) is 17.7 Å². The lowest BCUT2D eigenvalue weighted by Gasteiger charge is -2.18. The molecule has 0 fully saturated rings. The first-order chi connectivity index (χ1) is 11.7. The molecule has 0 atom stereocenters. The van der Waals surface area contributed by atoms with Crippen LogP contribution in [0.3, 0.4) is 0 Å². The van der Waals surface area contributed by atoms with Gasteiger partial charge in [-0.1, -0.05) is 24.3 Å². The lowest BCUT2D eigenvalue weighted by atomic mass is 10.1. The Kier molecular flexibility index (Phi) is 3.78. The molecule has 0 N–H and O–H groups in total. The van der Waals surface area contributed by atoms with Gasteiger partial charge in [0.2, 0.25) is 0 Å². The summed E-state index contributed by atoms with van der Waals surface area (Å²) < 4.78 is 39.2. The Morgan fingerprint density at radius 2 is 1.68 bits per heavy atom. The summed E-state index contributed by atoms with van der Waals surface area (Å²) in [4.78, 5) is 35.6. The number of nitro benzene ring substituents is 1. The summed E-state index contributed by atoms with van der Waals surface area (Å²) in [5.74, 6) is -1.84. The number of hydrogen-bond donors (Lipinski definition) is 0. The van der Waals surface area contributed by atoms with Crippen molar-refractivity contribution in [1.29, 1.82) is 0 Å². The molecule has 0 aliphatic carbocycles. The number of alkyl halides is 3. The number of imide groups is 1. The molecular formula is C16H9F3N2O4. The smallest absolute Gasteiger partial charge is 0.270 e. The lowest BCUT2D eigenvalue weighted by molar-refractivity contribution is -0.385. The second kappa shape index (κ2) is 5.69. The highest BCUT2D eigenvalue weighted by atomic mass is 19.4. The number of benzene rings is 2. The van der Waals surface area contributed by atoms with E-state index in [-0.39, 0.29) is 11.1 Å². The molecule has 2 aromatic carbocycles. The summed E-state index contributed by atoms with van der Waals surface area (Å²) in [6.07, 6.45) is -4.65. The number of amides is 2. The molecule has 9 heteroatoms. The Bertz CT molecular complexity index is 908. The number of rotatable bonds is 3. The normalized spacial score (nSPS) is 14.0. The molecule has 1 heterocycles. The average molecular weight is 350 g/mol. The van der Waals surface area contributed by atoms with Crippen molar-refractivity contribution >= 4 is 17.5 Å². The fourth-order valence-electron chi connectivity index (χ4n) is 2.72. The van der Waals surface area contributed by atoms with E-state index >= 15 is 0 Å². The Morgan fingerprint density at radius 3 is 2.32 bits per heavy atom. The van der Waals surface area contributed by atoms with Crippen LogP contribution >= 0.6 is 0 Å². The Balaban J connectivity index is 2.02. The van der Waals surface area contributed by atoms with Gasteiger partial charge < -0.3 is 0 Å². The van der Waals surface area contributed by atoms with Gasteiger partial charge in [0.25, 0.3) is 17.5 Å². The summed E-state index contributed by atoms with van der Waals surface area (Å²) in [5.41, 5.74) is -2.39. The summed E-state index contributed by atoms with van der Waals surface area (Å²) in [5, 5.41) is 11.0. The highest BCUT2D eigenvalue weighted by molar-refractivity contribution is 6.23. The Morgan fingerprint density at radius 1 is 1.00 bits per heavy atom. The number of fused-ring (bicyclic) bond motifs is 1. The second-order valence-electron chi connectivity index (χ2n) is 5.31. The van der Waals surface area contributed by atoms with Crippen LogP contribution in [-0.4, -0.2) is 21.6 Å². The summed E-state index contributed by atoms with van der Waals surface area (Å²) in [7, 11) is 0. The molecule has 0 saturated carbocycles. The first-order valence-corrected chi connectivity index (χ1v) is 7.00. The zero-order valence-electron chi connectivity index (χ0n) is 12.4. The zero-order valence-corrected chi connectivity index (χ0v) is 12.4. The van der Waals surface area contributed by atoms with Crippen molar-refractivity contribution in [3.05, 3.63) is 74.8 Å². The molecule has 2 amide bonds. The predicted octanol–water partition coefficient (Wildman–Crippen LogP) is 3.41. The van der Waals surface area contributed by atoms with E-state index in [1.807, 2.05) is 0 Å². The van der Waals surface area contributed by atoms with Gasteiger partial charge >= 0.3 is 6.18 Å². The van der Waals surface area contributed by atoms with Gasteiger partial charge in [-0.3, -0.25) is 24.6 Å². The van der Waals surface area contributed by atoms with Crippen molar-refractivity contribution in [1.82, 2.24) is 4.90 Å². The molecule has 0 unspecified atom stereocenters. The topological polar surface area (TPSA) is 80.5 Å². The quantitative estimate of drug-likeness (QED) is 0.483. The molecular weight excluding hydrogens is 341 g/mol. The van der Waals surface area contributed by atoms with E-state index < -0.39 is 46.3 Å². The van der Waals surface area contributed by atoms with Crippen molar-refractivity contribution in [3.8, 4) is 0 Å². The van der Waals surface area contributed by atoms with Crippen LogP contribution in [0.4, 0.5) is 18.9 Å². The molecule has 1 aliphatic rings. The fraction of sp³-hybridized carbons (Fsp3) is 0.125. The minimum absolute atomic E-state index is 0.191. The van der Waals surface area contributed by atoms with Gasteiger partial charge in [-0.15, -0.1) is 0 Å². The zero-order chi connectivity index (χ0) is 18.4. The largest absolute Gasteiger partial charge is 0.416 e. The molecule has 0 radical (unpaired) electrons. The van der Waals surface area contributed by atoms with Gasteiger partial charge in [-0.2, -0.15) is 13.2 Å². The summed E-state index contributed by atoms with van der Waals surface area (Å²) >= 11 is 0. The van der Waals surface area contributed by atoms with E-state index in [0.717, 1.165) is 18.2 Å². The van der Waals surface area contributed by atoms with Crippen molar-refractivity contribution in [3.63, 3.8) is 0 Å². The summed E-state index contributed by atoms with van der Waals surface area (Å²) in [6, 6.07) is 8.09. The monoisotopic (exact) mass is 350 g/mol. The van der Waals surface area contributed by atoms with E-state index in [1.54, 1.807) is 0 Å². The van der Waals surface area contributed by atoms with Crippen LogP contribution in [0.5, 0.6) is 0 Å². The number of halogens is 3. The van der Waals surface area contributed by atoms with Crippen molar-refractivity contribution < 1.29 is 27.7 Å². The number of carbonyl (C=O) groups excluding carboxylic acids is 2. The van der Waals surface area contributed by atoms with Crippen LogP contribution in [0.1, 0.15) is 31.8 Å². The van der Waals surface area contributed by atoms with E-state index in [9.17, 15) is 32.9 Å². The highest BCUT2D eigenvalue weighted by Crippen LogP contribution is 2.35. The van der Waals surface area contributed by atoms with Gasteiger partial charge in [0.15, 0.2) is 0 Å². The minimum Gasteiger partial charge on any atom is -0.270 e. The Labute approximate surface area is 138 Å². The molecule has 0 spiro atoms. The second-order valence-corrected chi connectivity index (χ2v) is 5.31. The van der Waals surface area contributed by atoms with E-state index in [1.165, 1.54) is 24.3 Å². The van der Waals surface area contributed by atoms with Crippen LogP contribution in [-0.2, 0) is 12.7 Å². The maximum absolute atomic E-state index is 13.1. The standard InChI is InChI=1S/C16H9F3N2O4/c17-16(18,19)11-6-2-1-4-9(11)8-20-14(22)10-5-3-7-12(21(24)25)13(10)15(20)23/h1-7H,8H2. The highest BCUT2D eigenvalue weighted by Gasteiger charge is 2.42. The molecule has 128 valence electrons. The Hall–Kier alpha value is -3.23. The third-order valence-electron chi connectivity index (χ3n) is 3.82. The van der Waals surface area contributed by atoms with Crippen LogP contribution < -0.4 is 0 Å². The van der Waals surface area contributed by atoms with Crippen molar-refractivity contribution in [2.75, 3.05) is 0 Å². The molecule has 0 aromatic heterocycles. The minimum atomic E-state index is -4.65. The number of hydrogen-bond acceptors (Lipinski definition) is 4. The van der Waals surface area contributed by atoms with Gasteiger partial charge in [0.05, 0.1) is 22.6 Å². The maximum atomic E-state index is 13.1. The maximum Gasteiger partial charge on any atom is 0.416 e. The molecule has 0 bridgehead atoms. The van der Waals surface area contributed by atoms with Gasteiger partial charge in [0, 0.05) is 6.07 Å². The molecule has 0 saturated heterocycles. The van der Waals surface area contributed by atoms with Gasteiger partial charge in [0.1, 0.15) is 5.56 Å². The third kappa shape index (κ3) is 2.73. The third-order valence-corrected chi connectivity index (χ3v) is 3.82. The van der Waals surface area contributed by atoms with E-state index in [0.29, 0.717) is 4.90 Å². The van der Waals surface area contributed by atoms with E-state index in [2.05, 4.69) is 0 Å². The molecule has 6 nitrogen and oxygen atoms in total. The fourth-order valence-corrected chi connectivity index (χ4v) is 2.72. The molecule has 3 rings (SSSR count). The molecule has 1 aliphatic heterocycles. The van der Waals surface area contributed by atoms with Crippen LogP contribution in [0.25, 0.3) is 0 Å². The number of nitro groups is 1. The predicted molar refractivity (Wildman–Crippen MR) is 78.7 cm³/mol.